The zero-order valence-corrected chi connectivity index (χ0v) is 23.2. The molecule has 10 radical (unpaired) electrons. The van der Waals surface area contributed by atoms with Gasteiger partial charge in [-0.25, -0.2) is 15.0 Å². The summed E-state index contributed by atoms with van der Waals surface area (Å²) in [5.74, 6) is 1.82. The van der Waals surface area contributed by atoms with Gasteiger partial charge in [-0.3, -0.25) is 0 Å². The van der Waals surface area contributed by atoms with Crippen LogP contribution in [0.3, 0.4) is 0 Å². The maximum atomic E-state index is 6.44. The molecular formula is C33H16B5N3S. The highest BCUT2D eigenvalue weighted by atomic mass is 32.1. The Labute approximate surface area is 254 Å². The second kappa shape index (κ2) is 10.5. The number of rotatable bonds is 4. The van der Waals surface area contributed by atoms with Crippen molar-refractivity contribution in [1.29, 1.82) is 0 Å². The molecule has 2 aromatic heterocycles. The molecule has 42 heavy (non-hydrogen) atoms. The van der Waals surface area contributed by atoms with Crippen LogP contribution in [0.25, 0.3) is 65.5 Å². The molecule has 184 valence electrons. The van der Waals surface area contributed by atoms with Crippen LogP contribution in [0.4, 0.5) is 0 Å². The topological polar surface area (TPSA) is 38.7 Å². The van der Waals surface area contributed by atoms with Crippen molar-refractivity contribution >= 4 is 98.1 Å². The molecule has 0 fully saturated rings. The van der Waals surface area contributed by atoms with Gasteiger partial charge in [-0.15, -0.1) is 27.7 Å². The molecule has 2 heterocycles. The molecule has 7 rings (SSSR count). The quantitative estimate of drug-likeness (QED) is 0.323. The highest BCUT2D eigenvalue weighted by Gasteiger charge is 2.18. The summed E-state index contributed by atoms with van der Waals surface area (Å²) in [7, 11) is 31.3. The Morgan fingerprint density at radius 3 is 1.55 bits per heavy atom. The van der Waals surface area contributed by atoms with Crippen LogP contribution in [0.1, 0.15) is 0 Å². The Balaban J connectivity index is 1.43. The molecule has 5 aromatic carbocycles. The van der Waals surface area contributed by atoms with Gasteiger partial charge in [0, 0.05) is 36.9 Å². The van der Waals surface area contributed by atoms with Crippen molar-refractivity contribution in [3.63, 3.8) is 0 Å². The van der Waals surface area contributed by atoms with E-state index in [1.54, 1.807) is 11.3 Å². The van der Waals surface area contributed by atoms with Crippen molar-refractivity contribution in [2.24, 2.45) is 0 Å². The predicted molar refractivity (Wildman–Crippen MR) is 181 cm³/mol. The highest BCUT2D eigenvalue weighted by Crippen LogP contribution is 2.40. The van der Waals surface area contributed by atoms with Crippen LogP contribution in [0.2, 0.25) is 0 Å². The Morgan fingerprint density at radius 1 is 0.452 bits per heavy atom. The van der Waals surface area contributed by atoms with Gasteiger partial charge in [0.25, 0.3) is 0 Å². The van der Waals surface area contributed by atoms with Crippen molar-refractivity contribution in [1.82, 2.24) is 15.0 Å². The van der Waals surface area contributed by atoms with Crippen LogP contribution in [-0.2, 0) is 0 Å². The number of aromatic nitrogens is 3. The number of hydrogen-bond donors (Lipinski definition) is 0. The molecule has 7 aromatic rings. The number of thiophene rings is 1. The minimum Gasteiger partial charge on any atom is -0.208 e. The zero-order chi connectivity index (χ0) is 29.0. The fraction of sp³-hybridized carbons (Fsp3) is 0. The third-order valence-electron chi connectivity index (χ3n) is 7.42. The van der Waals surface area contributed by atoms with Gasteiger partial charge in [0.15, 0.2) is 17.5 Å². The van der Waals surface area contributed by atoms with E-state index in [2.05, 4.69) is 18.2 Å². The van der Waals surface area contributed by atoms with E-state index in [0.717, 1.165) is 42.4 Å². The Bertz CT molecular complexity index is 2060. The zero-order valence-electron chi connectivity index (χ0n) is 22.4. The van der Waals surface area contributed by atoms with Crippen molar-refractivity contribution in [3.05, 3.63) is 97.1 Å². The van der Waals surface area contributed by atoms with Gasteiger partial charge in [0.1, 0.15) is 39.2 Å². The first-order valence-corrected chi connectivity index (χ1v) is 14.1. The van der Waals surface area contributed by atoms with Gasteiger partial charge < -0.3 is 0 Å². The van der Waals surface area contributed by atoms with Crippen LogP contribution in [0.5, 0.6) is 0 Å². The first kappa shape index (κ1) is 26.5. The van der Waals surface area contributed by atoms with Crippen LogP contribution >= 0.6 is 11.3 Å². The van der Waals surface area contributed by atoms with Crippen molar-refractivity contribution in [2.45, 2.75) is 0 Å². The Hall–Kier alpha value is -4.35. The molecule has 0 amide bonds. The van der Waals surface area contributed by atoms with Gasteiger partial charge in [-0.2, -0.15) is 0 Å². The second-order valence-electron chi connectivity index (χ2n) is 9.98. The lowest BCUT2D eigenvalue weighted by molar-refractivity contribution is 1.07. The summed E-state index contributed by atoms with van der Waals surface area (Å²) in [6.07, 6.45) is 0. The van der Waals surface area contributed by atoms with E-state index >= 15 is 0 Å². The van der Waals surface area contributed by atoms with E-state index in [9.17, 15) is 0 Å². The first-order valence-electron chi connectivity index (χ1n) is 13.2. The number of benzene rings is 5. The first-order chi connectivity index (χ1) is 20.4. The molecule has 0 atom stereocenters. The lowest BCUT2D eigenvalue weighted by Gasteiger charge is -2.21. The normalized spacial score (nSPS) is 11.3. The summed E-state index contributed by atoms with van der Waals surface area (Å²) < 4.78 is 2.10. The van der Waals surface area contributed by atoms with Crippen molar-refractivity contribution < 1.29 is 0 Å². The van der Waals surface area contributed by atoms with Gasteiger partial charge in [0.2, 0.25) is 0 Å². The highest BCUT2D eigenvalue weighted by molar-refractivity contribution is 7.26. The molecular weight excluding hydrogens is 525 g/mol. The van der Waals surface area contributed by atoms with E-state index in [0.29, 0.717) is 34.0 Å². The molecule has 0 bridgehead atoms. The third kappa shape index (κ3) is 4.40. The molecule has 3 nitrogen and oxygen atoms in total. The Kier molecular flexibility index (Phi) is 6.63. The minimum atomic E-state index is 0.198. The molecule has 0 aliphatic rings. The fourth-order valence-electron chi connectivity index (χ4n) is 5.21. The largest absolute Gasteiger partial charge is 0.208 e. The van der Waals surface area contributed by atoms with Gasteiger partial charge in [0.05, 0.1) is 0 Å². The fourth-order valence-corrected chi connectivity index (χ4v) is 6.41. The maximum absolute atomic E-state index is 6.44. The summed E-state index contributed by atoms with van der Waals surface area (Å²) in [6, 6.07) is 32.1. The molecule has 0 aliphatic heterocycles. The molecule has 0 spiro atoms. The average Bonchev–Trinajstić information content (AvgIpc) is 3.42. The van der Waals surface area contributed by atoms with Gasteiger partial charge in [-0.1, -0.05) is 89.8 Å². The van der Waals surface area contributed by atoms with Crippen LogP contribution in [0.15, 0.2) is 97.1 Å². The van der Waals surface area contributed by atoms with Gasteiger partial charge in [-0.05, 0) is 29.3 Å². The standard InChI is InChI=1S/C33H16B5N3S/c34-25-24(26(35)28(37)29(38)27(25)36)21-13-7-12-20-22-16-19(14-15-23(22)42-30(20)21)33-40-31(17-8-3-1-4-9-17)39-32(41-33)18-10-5-2-6-11-18/h1-16H. The third-order valence-corrected chi connectivity index (χ3v) is 8.64. The van der Waals surface area contributed by atoms with E-state index in [-0.39, 0.29) is 16.4 Å². The number of hydrogen-bond acceptors (Lipinski definition) is 4. The van der Waals surface area contributed by atoms with Gasteiger partial charge >= 0.3 is 0 Å². The summed E-state index contributed by atoms with van der Waals surface area (Å²) in [4.78, 5) is 14.6. The molecule has 0 saturated heterocycles. The molecule has 0 unspecified atom stereocenters. The predicted octanol–water partition coefficient (Wildman–Crippen LogP) is 2.88. The number of fused-ring (bicyclic) bond motifs is 3. The summed E-state index contributed by atoms with van der Waals surface area (Å²) in [5.41, 5.74) is 5.45. The molecule has 9 heteroatoms. The summed E-state index contributed by atoms with van der Waals surface area (Å²) in [6.45, 7) is 0. The summed E-state index contributed by atoms with van der Waals surface area (Å²) >= 11 is 1.64. The van der Waals surface area contributed by atoms with Crippen LogP contribution in [0, 0.1) is 0 Å². The second-order valence-corrected chi connectivity index (χ2v) is 11.0. The van der Waals surface area contributed by atoms with Crippen LogP contribution in [-0.4, -0.2) is 54.2 Å². The average molecular weight is 541 g/mol. The minimum absolute atomic E-state index is 0.198. The van der Waals surface area contributed by atoms with Crippen molar-refractivity contribution in [3.8, 4) is 45.3 Å². The lowest BCUT2D eigenvalue weighted by Crippen LogP contribution is -2.55. The van der Waals surface area contributed by atoms with E-state index in [1.165, 1.54) is 0 Å². The maximum Gasteiger partial charge on any atom is 0.164 e. The monoisotopic (exact) mass is 541 g/mol. The Morgan fingerprint density at radius 2 is 0.976 bits per heavy atom. The van der Waals surface area contributed by atoms with E-state index in [4.69, 9.17) is 54.2 Å². The van der Waals surface area contributed by atoms with E-state index in [1.807, 2.05) is 78.9 Å². The SMILES string of the molecule is [B]c1c([B])c([B])c(-c2cccc3c2sc2ccc(-c4nc(-c5ccccc5)nc(-c5ccccc5)n4)cc23)c([B])c1[B]. The lowest BCUT2D eigenvalue weighted by atomic mass is 9.59. The molecule has 0 saturated carbocycles. The van der Waals surface area contributed by atoms with Crippen molar-refractivity contribution in [2.75, 3.05) is 0 Å². The van der Waals surface area contributed by atoms with Crippen LogP contribution < -0.4 is 27.3 Å². The molecule has 0 aliphatic carbocycles. The molecule has 0 N–H and O–H groups in total. The van der Waals surface area contributed by atoms with E-state index < -0.39 is 0 Å². The smallest absolute Gasteiger partial charge is 0.164 e. The number of nitrogens with zero attached hydrogens (tertiary/aromatic N) is 3. The summed E-state index contributed by atoms with van der Waals surface area (Å²) in [5, 5.41) is 2.11.